The number of nitrogens with zero attached hydrogens (tertiary/aromatic N) is 2. The van der Waals surface area contributed by atoms with Crippen molar-refractivity contribution in [3.05, 3.63) is 28.2 Å². The molecule has 2 unspecified atom stereocenters. The molecule has 116 valence electrons. The van der Waals surface area contributed by atoms with Gasteiger partial charge >= 0.3 is 0 Å². The molecule has 2 aliphatic heterocycles. The van der Waals surface area contributed by atoms with E-state index in [1.165, 1.54) is 44.5 Å². The highest BCUT2D eigenvalue weighted by Gasteiger charge is 2.33. The minimum atomic E-state index is 0.817. The molecule has 2 atom stereocenters. The fraction of sp³-hybridized carbons (Fsp3) is 0.647. The van der Waals surface area contributed by atoms with Crippen molar-refractivity contribution in [2.24, 2.45) is 5.92 Å². The highest BCUT2D eigenvalue weighted by Crippen LogP contribution is 2.31. The lowest BCUT2D eigenvalue weighted by molar-refractivity contribution is 0.0355. The molecule has 0 N–H and O–H groups in total. The topological polar surface area (TPSA) is 15.7 Å². The molecule has 2 heterocycles. The predicted molar refractivity (Wildman–Crippen MR) is 89.7 cm³/mol. The number of hydrogen-bond donors (Lipinski definition) is 0. The first-order valence-corrected chi connectivity index (χ1v) is 8.71. The quantitative estimate of drug-likeness (QED) is 0.829. The van der Waals surface area contributed by atoms with Crippen LogP contribution in [0.4, 0.5) is 0 Å². The summed E-state index contributed by atoms with van der Waals surface area (Å²) in [7, 11) is 4.01. The maximum atomic E-state index is 5.31. The summed E-state index contributed by atoms with van der Waals surface area (Å²) in [5.74, 6) is 1.77. The van der Waals surface area contributed by atoms with Crippen molar-refractivity contribution in [1.82, 2.24) is 9.80 Å². The van der Waals surface area contributed by atoms with Gasteiger partial charge in [-0.1, -0.05) is 6.07 Å². The van der Waals surface area contributed by atoms with Gasteiger partial charge in [-0.3, -0.25) is 4.90 Å². The van der Waals surface area contributed by atoms with E-state index in [-0.39, 0.29) is 0 Å². The van der Waals surface area contributed by atoms with Crippen molar-refractivity contribution in [2.45, 2.75) is 31.8 Å². The Morgan fingerprint density at radius 3 is 2.90 bits per heavy atom. The van der Waals surface area contributed by atoms with E-state index in [0.29, 0.717) is 0 Å². The Balaban J connectivity index is 1.62. The normalized spacial score (nSPS) is 27.4. The van der Waals surface area contributed by atoms with Gasteiger partial charge in [0.15, 0.2) is 0 Å². The lowest BCUT2D eigenvalue weighted by Gasteiger charge is -2.46. The van der Waals surface area contributed by atoms with Crippen molar-refractivity contribution >= 4 is 15.9 Å². The van der Waals surface area contributed by atoms with Crippen LogP contribution in [0.15, 0.2) is 22.7 Å². The van der Waals surface area contributed by atoms with Crippen molar-refractivity contribution in [3.63, 3.8) is 0 Å². The summed E-state index contributed by atoms with van der Waals surface area (Å²) in [6, 6.07) is 7.25. The molecular weight excluding hydrogens is 328 g/mol. The van der Waals surface area contributed by atoms with Gasteiger partial charge in [0.2, 0.25) is 0 Å². The van der Waals surface area contributed by atoms with Crippen LogP contribution >= 0.6 is 15.9 Å². The second-order valence-corrected chi connectivity index (χ2v) is 7.30. The molecule has 2 saturated heterocycles. The number of benzene rings is 1. The van der Waals surface area contributed by atoms with Gasteiger partial charge in [-0.25, -0.2) is 0 Å². The summed E-state index contributed by atoms with van der Waals surface area (Å²) >= 11 is 3.59. The van der Waals surface area contributed by atoms with Gasteiger partial charge in [0.1, 0.15) is 5.75 Å². The maximum absolute atomic E-state index is 5.31. The molecule has 3 nitrogen and oxygen atoms in total. The van der Waals surface area contributed by atoms with Crippen molar-refractivity contribution in [3.8, 4) is 5.75 Å². The van der Waals surface area contributed by atoms with E-state index in [0.717, 1.165) is 28.7 Å². The standard InChI is InChI=1S/C17H25BrN2O/c1-19-8-3-4-14-12-20(9-7-16(14)19)11-13-5-6-17(21-2)15(18)10-13/h5-6,10,14,16H,3-4,7-9,11-12H2,1-2H3. The Kier molecular flexibility index (Phi) is 4.87. The molecule has 0 radical (unpaired) electrons. The summed E-state index contributed by atoms with van der Waals surface area (Å²) in [4.78, 5) is 5.20. The Labute approximate surface area is 136 Å². The second kappa shape index (κ2) is 6.67. The van der Waals surface area contributed by atoms with Gasteiger partial charge in [-0.15, -0.1) is 0 Å². The lowest BCUT2D eigenvalue weighted by Crippen LogP contribution is -2.52. The van der Waals surface area contributed by atoms with E-state index < -0.39 is 0 Å². The Hall–Kier alpha value is -0.580. The van der Waals surface area contributed by atoms with Crippen molar-refractivity contribution in [1.29, 1.82) is 0 Å². The van der Waals surface area contributed by atoms with Crippen LogP contribution in [0.3, 0.4) is 0 Å². The monoisotopic (exact) mass is 352 g/mol. The largest absolute Gasteiger partial charge is 0.496 e. The molecule has 1 aromatic rings. The zero-order chi connectivity index (χ0) is 14.8. The van der Waals surface area contributed by atoms with Crippen molar-refractivity contribution in [2.75, 3.05) is 33.8 Å². The van der Waals surface area contributed by atoms with Crippen LogP contribution in [0.25, 0.3) is 0 Å². The zero-order valence-electron chi connectivity index (χ0n) is 13.0. The summed E-state index contributed by atoms with van der Waals surface area (Å²) in [5.41, 5.74) is 1.37. The smallest absolute Gasteiger partial charge is 0.133 e. The number of fused-ring (bicyclic) bond motifs is 1. The highest BCUT2D eigenvalue weighted by atomic mass is 79.9. The Bertz CT molecular complexity index is 494. The molecule has 2 aliphatic rings. The molecule has 21 heavy (non-hydrogen) atoms. The van der Waals surface area contributed by atoms with E-state index in [2.05, 4.69) is 51.0 Å². The van der Waals surface area contributed by atoms with Crippen LogP contribution in [0, 0.1) is 5.92 Å². The second-order valence-electron chi connectivity index (χ2n) is 6.44. The third kappa shape index (κ3) is 3.43. The first-order valence-electron chi connectivity index (χ1n) is 7.92. The van der Waals surface area contributed by atoms with Crippen LogP contribution in [0.1, 0.15) is 24.8 Å². The van der Waals surface area contributed by atoms with Crippen LogP contribution in [-0.2, 0) is 6.54 Å². The SMILES string of the molecule is COc1ccc(CN2CCC3C(CCCN3C)C2)cc1Br. The number of likely N-dealkylation sites (tertiary alicyclic amines) is 2. The molecule has 4 heteroatoms. The fourth-order valence-electron chi connectivity index (χ4n) is 3.94. The average Bonchev–Trinajstić information content (AvgIpc) is 2.48. The van der Waals surface area contributed by atoms with E-state index in [4.69, 9.17) is 4.74 Å². The molecule has 0 aromatic heterocycles. The number of piperidine rings is 2. The van der Waals surface area contributed by atoms with E-state index in [1.54, 1.807) is 7.11 Å². The number of ether oxygens (including phenoxy) is 1. The summed E-state index contributed by atoms with van der Waals surface area (Å²) in [5, 5.41) is 0. The molecule has 0 amide bonds. The number of rotatable bonds is 3. The van der Waals surface area contributed by atoms with E-state index >= 15 is 0 Å². The minimum absolute atomic E-state index is 0.817. The summed E-state index contributed by atoms with van der Waals surface area (Å²) in [6.45, 7) is 4.80. The Morgan fingerprint density at radius 1 is 1.29 bits per heavy atom. The Morgan fingerprint density at radius 2 is 2.14 bits per heavy atom. The summed E-state index contributed by atoms with van der Waals surface area (Å²) in [6.07, 6.45) is 4.08. The van der Waals surface area contributed by atoms with Gasteiger partial charge in [-0.2, -0.15) is 0 Å². The average molecular weight is 353 g/mol. The van der Waals surface area contributed by atoms with E-state index in [9.17, 15) is 0 Å². The molecule has 0 spiro atoms. The number of methoxy groups -OCH3 is 1. The van der Waals surface area contributed by atoms with Gasteiger partial charge < -0.3 is 9.64 Å². The maximum Gasteiger partial charge on any atom is 0.133 e. The fourth-order valence-corrected chi connectivity index (χ4v) is 4.53. The molecule has 3 rings (SSSR count). The molecule has 0 aliphatic carbocycles. The van der Waals surface area contributed by atoms with Crippen LogP contribution in [-0.4, -0.2) is 49.6 Å². The van der Waals surface area contributed by atoms with Crippen molar-refractivity contribution < 1.29 is 4.74 Å². The third-order valence-electron chi connectivity index (χ3n) is 5.05. The number of halogens is 1. The van der Waals surface area contributed by atoms with Gasteiger partial charge in [-0.05, 0) is 78.9 Å². The van der Waals surface area contributed by atoms with Gasteiger partial charge in [0.05, 0.1) is 11.6 Å². The first-order chi connectivity index (χ1) is 10.2. The molecule has 1 aromatic carbocycles. The van der Waals surface area contributed by atoms with Gasteiger partial charge in [0, 0.05) is 19.1 Å². The molecule has 0 saturated carbocycles. The van der Waals surface area contributed by atoms with E-state index in [1.807, 2.05) is 0 Å². The lowest BCUT2D eigenvalue weighted by atomic mass is 9.84. The van der Waals surface area contributed by atoms with Gasteiger partial charge in [0.25, 0.3) is 0 Å². The summed E-state index contributed by atoms with van der Waals surface area (Å²) < 4.78 is 6.36. The van der Waals surface area contributed by atoms with Crippen LogP contribution in [0.2, 0.25) is 0 Å². The number of hydrogen-bond acceptors (Lipinski definition) is 3. The molecule has 2 fully saturated rings. The highest BCUT2D eigenvalue weighted by molar-refractivity contribution is 9.10. The van der Waals surface area contributed by atoms with Crippen LogP contribution in [0.5, 0.6) is 5.75 Å². The molecule has 0 bridgehead atoms. The first kappa shape index (κ1) is 15.3. The predicted octanol–water partition coefficient (Wildman–Crippen LogP) is 3.37. The molecular formula is C17H25BrN2O. The third-order valence-corrected chi connectivity index (χ3v) is 5.67. The zero-order valence-corrected chi connectivity index (χ0v) is 14.6. The minimum Gasteiger partial charge on any atom is -0.496 e. The van der Waals surface area contributed by atoms with Crippen LogP contribution < -0.4 is 4.74 Å².